The van der Waals surface area contributed by atoms with E-state index in [1.54, 1.807) is 0 Å². The van der Waals surface area contributed by atoms with Gasteiger partial charge in [0.1, 0.15) is 12.4 Å². The van der Waals surface area contributed by atoms with Crippen molar-refractivity contribution in [3.05, 3.63) is 65.7 Å². The van der Waals surface area contributed by atoms with Crippen molar-refractivity contribution in [2.24, 2.45) is 5.73 Å². The van der Waals surface area contributed by atoms with E-state index in [-0.39, 0.29) is 6.04 Å². The second-order valence-corrected chi connectivity index (χ2v) is 4.58. The number of nitrogens with two attached hydrogens (primary N) is 1. The van der Waals surface area contributed by atoms with Gasteiger partial charge in [0.2, 0.25) is 0 Å². The summed E-state index contributed by atoms with van der Waals surface area (Å²) in [5.74, 6) is 6.72. The summed E-state index contributed by atoms with van der Waals surface area (Å²) in [6.45, 7) is 2.39. The highest BCUT2D eigenvalue weighted by molar-refractivity contribution is 5.31. The van der Waals surface area contributed by atoms with Crippen LogP contribution in [0.4, 0.5) is 0 Å². The van der Waals surface area contributed by atoms with Gasteiger partial charge in [-0.25, -0.2) is 0 Å². The molecule has 0 aliphatic heterocycles. The van der Waals surface area contributed by atoms with Gasteiger partial charge in [-0.1, -0.05) is 42.5 Å². The zero-order valence-corrected chi connectivity index (χ0v) is 11.7. The Kier molecular flexibility index (Phi) is 5.23. The fourth-order valence-corrected chi connectivity index (χ4v) is 1.91. The number of hydrogen-bond donors (Lipinski definition) is 1. The van der Waals surface area contributed by atoms with Crippen molar-refractivity contribution < 1.29 is 4.74 Å². The average Bonchev–Trinajstić information content (AvgIpc) is 2.52. The van der Waals surface area contributed by atoms with E-state index < -0.39 is 0 Å². The average molecular weight is 265 g/mol. The number of benzene rings is 2. The van der Waals surface area contributed by atoms with Gasteiger partial charge in [-0.05, 0) is 30.2 Å². The molecule has 0 aliphatic rings. The maximum atomic E-state index is 6.10. The van der Waals surface area contributed by atoms with Crippen LogP contribution < -0.4 is 10.5 Å². The molecule has 2 aromatic carbocycles. The van der Waals surface area contributed by atoms with Gasteiger partial charge in [-0.15, -0.1) is 11.8 Å². The van der Waals surface area contributed by atoms with Gasteiger partial charge in [0.25, 0.3) is 0 Å². The molecule has 0 heterocycles. The summed E-state index contributed by atoms with van der Waals surface area (Å²) in [7, 11) is 0. The number of rotatable bonds is 5. The van der Waals surface area contributed by atoms with Gasteiger partial charge < -0.3 is 10.5 Å². The van der Waals surface area contributed by atoms with Crippen LogP contribution in [-0.2, 0) is 6.61 Å². The minimum Gasteiger partial charge on any atom is -0.489 e. The Morgan fingerprint density at radius 2 is 1.90 bits per heavy atom. The lowest BCUT2D eigenvalue weighted by atomic mass is 10.0. The molecule has 2 aromatic rings. The van der Waals surface area contributed by atoms with E-state index in [1.807, 2.05) is 61.5 Å². The van der Waals surface area contributed by atoms with Crippen LogP contribution in [0.3, 0.4) is 0 Å². The molecule has 1 atom stereocenters. The Labute approximate surface area is 120 Å². The summed E-state index contributed by atoms with van der Waals surface area (Å²) in [6.07, 6.45) is 0.665. The van der Waals surface area contributed by atoms with Crippen molar-refractivity contribution in [3.8, 4) is 17.6 Å². The van der Waals surface area contributed by atoms with E-state index in [4.69, 9.17) is 10.5 Å². The Hall–Kier alpha value is -2.24. The topological polar surface area (TPSA) is 35.2 Å². The SMILES string of the molecule is CC#CCC(N)c1cccc(OCc2ccccc2)c1. The van der Waals surface area contributed by atoms with E-state index in [0.717, 1.165) is 16.9 Å². The van der Waals surface area contributed by atoms with E-state index in [1.165, 1.54) is 0 Å². The highest BCUT2D eigenvalue weighted by Gasteiger charge is 2.05. The lowest BCUT2D eigenvalue weighted by molar-refractivity contribution is 0.305. The molecule has 102 valence electrons. The number of ether oxygens (including phenoxy) is 1. The molecule has 0 saturated heterocycles. The fourth-order valence-electron chi connectivity index (χ4n) is 1.91. The monoisotopic (exact) mass is 265 g/mol. The number of hydrogen-bond acceptors (Lipinski definition) is 2. The summed E-state index contributed by atoms with van der Waals surface area (Å²) >= 11 is 0. The van der Waals surface area contributed by atoms with Crippen LogP contribution in [0.15, 0.2) is 54.6 Å². The Morgan fingerprint density at radius 1 is 1.10 bits per heavy atom. The van der Waals surface area contributed by atoms with Crippen molar-refractivity contribution in [1.29, 1.82) is 0 Å². The Balaban J connectivity index is 2.00. The summed E-state index contributed by atoms with van der Waals surface area (Å²) < 4.78 is 5.80. The summed E-state index contributed by atoms with van der Waals surface area (Å²) in [6, 6.07) is 18.0. The van der Waals surface area contributed by atoms with Crippen LogP contribution in [0.25, 0.3) is 0 Å². The van der Waals surface area contributed by atoms with E-state index in [9.17, 15) is 0 Å². The second-order valence-electron chi connectivity index (χ2n) is 4.58. The lowest BCUT2D eigenvalue weighted by Crippen LogP contribution is -2.09. The van der Waals surface area contributed by atoms with Gasteiger partial charge in [-0.3, -0.25) is 0 Å². The predicted molar refractivity (Wildman–Crippen MR) is 82.2 cm³/mol. The van der Waals surface area contributed by atoms with E-state index >= 15 is 0 Å². The molecule has 0 radical (unpaired) electrons. The first-order valence-electron chi connectivity index (χ1n) is 6.71. The quantitative estimate of drug-likeness (QED) is 0.837. The molecule has 2 rings (SSSR count). The largest absolute Gasteiger partial charge is 0.489 e. The zero-order chi connectivity index (χ0) is 14.2. The van der Waals surface area contributed by atoms with Crippen molar-refractivity contribution in [2.45, 2.75) is 26.0 Å². The Bertz CT molecular complexity index is 596. The first-order chi connectivity index (χ1) is 9.79. The molecule has 0 aromatic heterocycles. The molecule has 0 bridgehead atoms. The van der Waals surface area contributed by atoms with Crippen LogP contribution in [-0.4, -0.2) is 0 Å². The normalized spacial score (nSPS) is 11.3. The van der Waals surface area contributed by atoms with Crippen LogP contribution in [0.2, 0.25) is 0 Å². The molecule has 0 fully saturated rings. The second kappa shape index (κ2) is 7.37. The first-order valence-corrected chi connectivity index (χ1v) is 6.71. The molecule has 20 heavy (non-hydrogen) atoms. The van der Waals surface area contributed by atoms with Gasteiger partial charge in [0.15, 0.2) is 0 Å². The molecule has 2 nitrogen and oxygen atoms in total. The Morgan fingerprint density at radius 3 is 2.65 bits per heavy atom. The van der Waals surface area contributed by atoms with Crippen LogP contribution in [0.1, 0.15) is 30.5 Å². The standard InChI is InChI=1S/C18H19NO/c1-2-3-12-18(19)16-10-7-11-17(13-16)20-14-15-8-5-4-6-9-15/h4-11,13,18H,12,14,19H2,1H3. The summed E-state index contributed by atoms with van der Waals surface area (Å²) in [5.41, 5.74) is 8.31. The molecule has 2 heteroatoms. The van der Waals surface area contributed by atoms with Gasteiger partial charge in [-0.2, -0.15) is 0 Å². The molecule has 0 saturated carbocycles. The molecular formula is C18H19NO. The minimum atomic E-state index is -0.0669. The molecule has 0 aliphatic carbocycles. The molecule has 1 unspecified atom stereocenters. The lowest BCUT2D eigenvalue weighted by Gasteiger charge is -2.11. The molecule has 0 spiro atoms. The van der Waals surface area contributed by atoms with Gasteiger partial charge in [0, 0.05) is 12.5 Å². The minimum absolute atomic E-state index is 0.0669. The van der Waals surface area contributed by atoms with E-state index in [2.05, 4.69) is 11.8 Å². The smallest absolute Gasteiger partial charge is 0.120 e. The summed E-state index contributed by atoms with van der Waals surface area (Å²) in [4.78, 5) is 0. The third-order valence-electron chi connectivity index (χ3n) is 3.03. The highest BCUT2D eigenvalue weighted by Crippen LogP contribution is 2.20. The maximum absolute atomic E-state index is 6.10. The highest BCUT2D eigenvalue weighted by atomic mass is 16.5. The van der Waals surface area contributed by atoms with Crippen molar-refractivity contribution in [3.63, 3.8) is 0 Å². The van der Waals surface area contributed by atoms with Crippen LogP contribution in [0.5, 0.6) is 5.75 Å². The first kappa shape index (κ1) is 14.2. The predicted octanol–water partition coefficient (Wildman–Crippen LogP) is 3.68. The van der Waals surface area contributed by atoms with Crippen LogP contribution >= 0.6 is 0 Å². The molecular weight excluding hydrogens is 246 g/mol. The fraction of sp³-hybridized carbons (Fsp3) is 0.222. The third-order valence-corrected chi connectivity index (χ3v) is 3.03. The molecule has 2 N–H and O–H groups in total. The van der Waals surface area contributed by atoms with Crippen molar-refractivity contribution in [1.82, 2.24) is 0 Å². The van der Waals surface area contributed by atoms with E-state index in [0.29, 0.717) is 13.0 Å². The van der Waals surface area contributed by atoms with Crippen LogP contribution in [0, 0.1) is 11.8 Å². The maximum Gasteiger partial charge on any atom is 0.120 e. The van der Waals surface area contributed by atoms with Crippen molar-refractivity contribution >= 4 is 0 Å². The third kappa shape index (κ3) is 4.15. The zero-order valence-electron chi connectivity index (χ0n) is 11.7. The molecule has 0 amide bonds. The van der Waals surface area contributed by atoms with Gasteiger partial charge in [0.05, 0.1) is 0 Å². The van der Waals surface area contributed by atoms with Gasteiger partial charge >= 0.3 is 0 Å². The van der Waals surface area contributed by atoms with Crippen molar-refractivity contribution in [2.75, 3.05) is 0 Å². The summed E-state index contributed by atoms with van der Waals surface area (Å²) in [5, 5.41) is 0.